The molecule has 1 aliphatic rings. The van der Waals surface area contributed by atoms with Crippen LogP contribution in [0.25, 0.3) is 0 Å². The summed E-state index contributed by atoms with van der Waals surface area (Å²) in [6.45, 7) is 4.04. The summed E-state index contributed by atoms with van der Waals surface area (Å²) >= 11 is 0. The van der Waals surface area contributed by atoms with E-state index in [4.69, 9.17) is 10.9 Å². The van der Waals surface area contributed by atoms with Crippen LogP contribution in [0.2, 0.25) is 0 Å². The molecule has 0 aliphatic carbocycles. The molecule has 5 heteroatoms. The maximum absolute atomic E-state index is 8.92. The Kier molecular flexibility index (Phi) is 3.95. The van der Waals surface area contributed by atoms with Crippen molar-refractivity contribution in [1.29, 1.82) is 0 Å². The van der Waals surface area contributed by atoms with Crippen molar-refractivity contribution in [2.45, 2.75) is 19.4 Å². The van der Waals surface area contributed by atoms with Crippen molar-refractivity contribution in [1.82, 2.24) is 4.90 Å². The van der Waals surface area contributed by atoms with Crippen LogP contribution < -0.4 is 10.6 Å². The largest absolute Gasteiger partial charge is 0.409 e. The van der Waals surface area contributed by atoms with Gasteiger partial charge in [-0.25, -0.2) is 0 Å². The fourth-order valence-electron chi connectivity index (χ4n) is 2.71. The van der Waals surface area contributed by atoms with E-state index in [2.05, 4.69) is 42.0 Å². The highest BCUT2D eigenvalue weighted by molar-refractivity contribution is 6.02. The number of anilines is 1. The van der Waals surface area contributed by atoms with Gasteiger partial charge in [-0.15, -0.1) is 0 Å². The Morgan fingerprint density at radius 3 is 2.79 bits per heavy atom. The molecule has 1 aromatic rings. The first kappa shape index (κ1) is 13.7. The lowest BCUT2D eigenvalue weighted by Crippen LogP contribution is -2.32. The summed E-state index contributed by atoms with van der Waals surface area (Å²) in [5.41, 5.74) is 8.84. The van der Waals surface area contributed by atoms with E-state index in [0.717, 1.165) is 36.3 Å². The van der Waals surface area contributed by atoms with Crippen LogP contribution >= 0.6 is 0 Å². The topological polar surface area (TPSA) is 65.1 Å². The summed E-state index contributed by atoms with van der Waals surface area (Å²) in [6.07, 6.45) is 1.14. The number of aryl methyl sites for hydroxylation is 1. The number of hydrogen-bond donors (Lipinski definition) is 2. The Morgan fingerprint density at radius 2 is 2.21 bits per heavy atom. The monoisotopic (exact) mass is 262 g/mol. The van der Waals surface area contributed by atoms with Gasteiger partial charge >= 0.3 is 0 Å². The molecule has 1 atom stereocenters. The quantitative estimate of drug-likeness (QED) is 0.372. The average molecular weight is 262 g/mol. The van der Waals surface area contributed by atoms with Crippen molar-refractivity contribution < 1.29 is 5.21 Å². The summed E-state index contributed by atoms with van der Waals surface area (Å²) in [5, 5.41) is 12.1. The van der Waals surface area contributed by atoms with Gasteiger partial charge in [0.15, 0.2) is 5.84 Å². The van der Waals surface area contributed by atoms with E-state index in [1.54, 1.807) is 0 Å². The van der Waals surface area contributed by atoms with Crippen molar-refractivity contribution in [3.05, 3.63) is 29.3 Å². The third-order valence-corrected chi connectivity index (χ3v) is 3.83. The summed E-state index contributed by atoms with van der Waals surface area (Å²) in [7, 11) is 4.22. The Hall–Kier alpha value is -1.75. The smallest absolute Gasteiger partial charge is 0.172 e. The van der Waals surface area contributed by atoms with E-state index < -0.39 is 0 Å². The molecular formula is C14H22N4O. The fourth-order valence-corrected chi connectivity index (χ4v) is 2.71. The van der Waals surface area contributed by atoms with Crippen LogP contribution in [-0.2, 0) is 0 Å². The molecule has 0 radical (unpaired) electrons. The number of likely N-dealkylation sites (N-methyl/N-ethyl adjacent to an activating group) is 1. The lowest BCUT2D eigenvalue weighted by Gasteiger charge is -2.25. The number of rotatable bonds is 3. The molecule has 0 spiro atoms. The third-order valence-electron chi connectivity index (χ3n) is 3.83. The lowest BCUT2D eigenvalue weighted by atomic mass is 10.1. The van der Waals surface area contributed by atoms with Gasteiger partial charge in [-0.05, 0) is 39.1 Å². The van der Waals surface area contributed by atoms with Crippen molar-refractivity contribution >= 4 is 11.5 Å². The first-order valence-electron chi connectivity index (χ1n) is 6.53. The normalized spacial score (nSPS) is 20.3. The number of para-hydroxylation sites is 1. The molecule has 1 heterocycles. The Labute approximate surface area is 114 Å². The number of oxime groups is 1. The number of nitrogens with zero attached hydrogens (tertiary/aromatic N) is 3. The Morgan fingerprint density at radius 1 is 1.47 bits per heavy atom. The van der Waals surface area contributed by atoms with Gasteiger partial charge in [0.2, 0.25) is 0 Å². The second kappa shape index (κ2) is 5.48. The van der Waals surface area contributed by atoms with Crippen LogP contribution in [0, 0.1) is 6.92 Å². The zero-order valence-electron chi connectivity index (χ0n) is 11.8. The zero-order valence-corrected chi connectivity index (χ0v) is 11.8. The predicted molar refractivity (Wildman–Crippen MR) is 78.0 cm³/mol. The first-order chi connectivity index (χ1) is 9.04. The van der Waals surface area contributed by atoms with Crippen molar-refractivity contribution in [3.63, 3.8) is 0 Å². The molecule has 0 amide bonds. The molecule has 3 N–H and O–H groups in total. The van der Waals surface area contributed by atoms with Gasteiger partial charge in [-0.1, -0.05) is 17.3 Å². The van der Waals surface area contributed by atoms with Crippen LogP contribution in [0.5, 0.6) is 0 Å². The zero-order chi connectivity index (χ0) is 14.0. The molecule has 0 aromatic heterocycles. The summed E-state index contributed by atoms with van der Waals surface area (Å²) < 4.78 is 0. The van der Waals surface area contributed by atoms with Crippen molar-refractivity contribution in [3.8, 4) is 0 Å². The molecule has 1 saturated heterocycles. The molecular weight excluding hydrogens is 240 g/mol. The fraction of sp³-hybridized carbons (Fsp3) is 0.500. The minimum absolute atomic E-state index is 0.173. The number of benzene rings is 1. The minimum Gasteiger partial charge on any atom is -0.409 e. The molecule has 1 aromatic carbocycles. The van der Waals surface area contributed by atoms with E-state index >= 15 is 0 Å². The molecule has 0 saturated carbocycles. The second-order valence-corrected chi connectivity index (χ2v) is 5.31. The summed E-state index contributed by atoms with van der Waals surface area (Å²) in [6, 6.07) is 6.46. The minimum atomic E-state index is 0.173. The SMILES string of the molecule is Cc1cccc(/C(N)=N/O)c1N1CCC(N(C)C)C1. The van der Waals surface area contributed by atoms with Crippen molar-refractivity contribution in [2.24, 2.45) is 10.9 Å². The van der Waals surface area contributed by atoms with E-state index in [0.29, 0.717) is 6.04 Å². The summed E-state index contributed by atoms with van der Waals surface area (Å²) in [4.78, 5) is 4.58. The average Bonchev–Trinajstić information content (AvgIpc) is 2.87. The Bertz CT molecular complexity index is 484. The number of hydrogen-bond acceptors (Lipinski definition) is 4. The van der Waals surface area contributed by atoms with Gasteiger partial charge in [-0.3, -0.25) is 0 Å². The van der Waals surface area contributed by atoms with E-state index in [9.17, 15) is 0 Å². The van der Waals surface area contributed by atoms with Crippen LogP contribution in [0.3, 0.4) is 0 Å². The summed E-state index contributed by atoms with van der Waals surface area (Å²) in [5.74, 6) is 0.173. The molecule has 0 bridgehead atoms. The van der Waals surface area contributed by atoms with Gasteiger partial charge in [-0.2, -0.15) is 0 Å². The molecule has 1 fully saturated rings. The highest BCUT2D eigenvalue weighted by atomic mass is 16.4. The third kappa shape index (κ3) is 2.66. The first-order valence-corrected chi connectivity index (χ1v) is 6.53. The molecule has 1 aliphatic heterocycles. The molecule has 5 nitrogen and oxygen atoms in total. The Balaban J connectivity index is 2.35. The second-order valence-electron chi connectivity index (χ2n) is 5.31. The van der Waals surface area contributed by atoms with Crippen LogP contribution in [0.4, 0.5) is 5.69 Å². The van der Waals surface area contributed by atoms with E-state index in [-0.39, 0.29) is 5.84 Å². The maximum atomic E-state index is 8.92. The predicted octanol–water partition coefficient (Wildman–Crippen LogP) is 1.23. The molecule has 104 valence electrons. The maximum Gasteiger partial charge on any atom is 0.172 e. The van der Waals surface area contributed by atoms with Crippen molar-refractivity contribution in [2.75, 3.05) is 32.1 Å². The van der Waals surface area contributed by atoms with Gasteiger partial charge < -0.3 is 20.7 Å². The number of nitrogens with two attached hydrogens (primary N) is 1. The van der Waals surface area contributed by atoms with Gasteiger partial charge in [0.1, 0.15) is 0 Å². The molecule has 19 heavy (non-hydrogen) atoms. The van der Waals surface area contributed by atoms with Crippen LogP contribution in [0.1, 0.15) is 17.5 Å². The highest BCUT2D eigenvalue weighted by Gasteiger charge is 2.27. The highest BCUT2D eigenvalue weighted by Crippen LogP contribution is 2.29. The van der Waals surface area contributed by atoms with Gasteiger partial charge in [0.05, 0.1) is 5.69 Å². The van der Waals surface area contributed by atoms with E-state index in [1.165, 1.54) is 0 Å². The standard InChI is InChI=1S/C14H22N4O/c1-10-5-4-6-12(14(15)16-19)13(10)18-8-7-11(9-18)17(2)3/h4-6,11,19H,7-9H2,1-3H3,(H2,15,16). The van der Waals surface area contributed by atoms with E-state index in [1.807, 2.05) is 12.1 Å². The van der Waals surface area contributed by atoms with Gasteiger partial charge in [0.25, 0.3) is 0 Å². The molecule has 2 rings (SSSR count). The van der Waals surface area contributed by atoms with Crippen LogP contribution in [0.15, 0.2) is 23.4 Å². The number of amidine groups is 1. The lowest BCUT2D eigenvalue weighted by molar-refractivity contribution is 0.315. The van der Waals surface area contributed by atoms with Crippen LogP contribution in [-0.4, -0.2) is 49.2 Å². The molecule has 1 unspecified atom stereocenters. The van der Waals surface area contributed by atoms with Gasteiger partial charge in [0, 0.05) is 24.7 Å².